The molecule has 0 saturated heterocycles. The molecule has 110 valence electrons. The highest BCUT2D eigenvalue weighted by atomic mass is 35.5. The molecule has 1 amide bonds. The van der Waals surface area contributed by atoms with Crippen molar-refractivity contribution >= 4 is 23.2 Å². The molecule has 0 bridgehead atoms. The molecule has 0 radical (unpaired) electrons. The number of ether oxygens (including phenoxy) is 1. The second-order valence-electron chi connectivity index (χ2n) is 4.30. The van der Waals surface area contributed by atoms with Gasteiger partial charge in [-0.1, -0.05) is 23.7 Å². The summed E-state index contributed by atoms with van der Waals surface area (Å²) >= 11 is 6.05. The van der Waals surface area contributed by atoms with E-state index < -0.39 is 11.7 Å². The third kappa shape index (κ3) is 3.51. The van der Waals surface area contributed by atoms with Crippen LogP contribution < -0.4 is 15.8 Å². The van der Waals surface area contributed by atoms with Gasteiger partial charge in [0, 0.05) is 0 Å². The van der Waals surface area contributed by atoms with Gasteiger partial charge in [-0.05, 0) is 35.4 Å². The second-order valence-corrected chi connectivity index (χ2v) is 4.70. The Morgan fingerprint density at radius 3 is 2.52 bits per heavy atom. The van der Waals surface area contributed by atoms with Gasteiger partial charge in [0.05, 0.1) is 24.4 Å². The Bertz CT molecular complexity index is 677. The van der Waals surface area contributed by atoms with Gasteiger partial charge in [-0.25, -0.2) is 4.39 Å². The van der Waals surface area contributed by atoms with Gasteiger partial charge in [-0.15, -0.1) is 0 Å². The summed E-state index contributed by atoms with van der Waals surface area (Å²) in [7, 11) is 1.52. The lowest BCUT2D eigenvalue weighted by Crippen LogP contribution is -2.22. The van der Waals surface area contributed by atoms with Crippen LogP contribution in [0.5, 0.6) is 5.75 Å². The van der Waals surface area contributed by atoms with Crippen LogP contribution in [0, 0.1) is 5.82 Å². The first kappa shape index (κ1) is 15.3. The summed E-state index contributed by atoms with van der Waals surface area (Å²) in [5.41, 5.74) is 6.65. The van der Waals surface area contributed by atoms with Crippen LogP contribution in [0.25, 0.3) is 11.1 Å². The number of rotatable bonds is 4. The molecule has 0 heterocycles. The summed E-state index contributed by atoms with van der Waals surface area (Å²) in [6.07, 6.45) is 0. The highest BCUT2D eigenvalue weighted by molar-refractivity contribution is 6.32. The van der Waals surface area contributed by atoms with Crippen molar-refractivity contribution in [1.82, 2.24) is 0 Å². The van der Waals surface area contributed by atoms with Crippen LogP contribution in [0.2, 0.25) is 5.02 Å². The van der Waals surface area contributed by atoms with E-state index >= 15 is 0 Å². The lowest BCUT2D eigenvalue weighted by Gasteiger charge is -2.09. The number of carbonyl (C=O) groups is 1. The smallest absolute Gasteiger partial charge is 0.238 e. The summed E-state index contributed by atoms with van der Waals surface area (Å²) in [6.45, 7) is -0.199. The van der Waals surface area contributed by atoms with Gasteiger partial charge >= 0.3 is 0 Å². The van der Waals surface area contributed by atoms with E-state index in [2.05, 4.69) is 5.32 Å². The van der Waals surface area contributed by atoms with E-state index in [4.69, 9.17) is 22.1 Å². The van der Waals surface area contributed by atoms with Crippen LogP contribution in [0.4, 0.5) is 10.1 Å². The number of halogens is 2. The Balaban J connectivity index is 2.31. The Hall–Kier alpha value is -2.11. The number of hydrogen-bond donors (Lipinski definition) is 2. The zero-order valence-electron chi connectivity index (χ0n) is 11.3. The molecule has 21 heavy (non-hydrogen) atoms. The monoisotopic (exact) mass is 308 g/mol. The number of benzene rings is 2. The first-order valence-corrected chi connectivity index (χ1v) is 6.56. The van der Waals surface area contributed by atoms with Crippen molar-refractivity contribution in [3.05, 3.63) is 47.2 Å². The molecule has 2 aromatic rings. The van der Waals surface area contributed by atoms with Crippen molar-refractivity contribution in [2.24, 2.45) is 5.73 Å². The number of nitrogens with one attached hydrogen (secondary N) is 1. The van der Waals surface area contributed by atoms with Crippen molar-refractivity contribution < 1.29 is 13.9 Å². The molecule has 0 unspecified atom stereocenters. The fraction of sp³-hybridized carbons (Fsp3) is 0.133. The average Bonchev–Trinajstić information content (AvgIpc) is 2.49. The van der Waals surface area contributed by atoms with Gasteiger partial charge in [0.1, 0.15) is 11.6 Å². The van der Waals surface area contributed by atoms with Crippen molar-refractivity contribution in [3.8, 4) is 16.9 Å². The molecule has 2 aromatic carbocycles. The SMILES string of the molecule is COc1ccc(-c2ccc(NC(=O)CN)c(F)c2)cc1Cl. The van der Waals surface area contributed by atoms with E-state index in [0.717, 1.165) is 5.56 Å². The molecule has 0 fully saturated rings. The average molecular weight is 309 g/mol. The van der Waals surface area contributed by atoms with Gasteiger partial charge in [0.25, 0.3) is 0 Å². The molecule has 0 saturated carbocycles. The highest BCUT2D eigenvalue weighted by Gasteiger charge is 2.09. The van der Waals surface area contributed by atoms with Crippen LogP contribution in [0.3, 0.4) is 0 Å². The number of anilines is 1. The van der Waals surface area contributed by atoms with Crippen LogP contribution in [-0.4, -0.2) is 19.6 Å². The molecule has 4 nitrogen and oxygen atoms in total. The number of methoxy groups -OCH3 is 1. The summed E-state index contributed by atoms with van der Waals surface area (Å²) in [6, 6.07) is 9.67. The number of nitrogens with two attached hydrogens (primary N) is 1. The van der Waals surface area contributed by atoms with Crippen LogP contribution in [-0.2, 0) is 4.79 Å². The van der Waals surface area contributed by atoms with Crippen molar-refractivity contribution in [1.29, 1.82) is 0 Å². The zero-order valence-corrected chi connectivity index (χ0v) is 12.1. The topological polar surface area (TPSA) is 64.3 Å². The summed E-state index contributed by atoms with van der Waals surface area (Å²) in [5.74, 6) is -0.442. The maximum absolute atomic E-state index is 14.0. The minimum absolute atomic E-state index is 0.0915. The molecule has 0 aliphatic carbocycles. The lowest BCUT2D eigenvalue weighted by molar-refractivity contribution is -0.114. The minimum atomic E-state index is -0.541. The van der Waals surface area contributed by atoms with E-state index in [0.29, 0.717) is 16.3 Å². The van der Waals surface area contributed by atoms with E-state index in [1.54, 1.807) is 24.3 Å². The standard InChI is InChI=1S/C15H14ClFN2O2/c1-21-14-5-3-9(6-11(14)16)10-2-4-13(12(17)7-10)19-15(20)8-18/h2-7H,8,18H2,1H3,(H,19,20). The van der Waals surface area contributed by atoms with Crippen molar-refractivity contribution in [3.63, 3.8) is 0 Å². The summed E-state index contributed by atoms with van der Waals surface area (Å²) < 4.78 is 19.0. The molecule has 2 rings (SSSR count). The van der Waals surface area contributed by atoms with E-state index in [1.807, 2.05) is 0 Å². The first-order valence-electron chi connectivity index (χ1n) is 6.18. The van der Waals surface area contributed by atoms with Crippen LogP contribution in [0.15, 0.2) is 36.4 Å². The highest BCUT2D eigenvalue weighted by Crippen LogP contribution is 2.31. The van der Waals surface area contributed by atoms with Gasteiger partial charge in [-0.3, -0.25) is 4.79 Å². The quantitative estimate of drug-likeness (QED) is 0.912. The third-order valence-electron chi connectivity index (χ3n) is 2.91. The molecular formula is C15H14ClFN2O2. The zero-order chi connectivity index (χ0) is 15.4. The minimum Gasteiger partial charge on any atom is -0.495 e. The summed E-state index contributed by atoms with van der Waals surface area (Å²) in [4.78, 5) is 11.2. The van der Waals surface area contributed by atoms with Crippen molar-refractivity contribution in [2.45, 2.75) is 0 Å². The predicted octanol–water partition coefficient (Wildman–Crippen LogP) is 3.05. The third-order valence-corrected chi connectivity index (χ3v) is 3.21. The molecule has 0 aliphatic rings. The largest absolute Gasteiger partial charge is 0.495 e. The van der Waals surface area contributed by atoms with E-state index in [-0.39, 0.29) is 12.2 Å². The maximum Gasteiger partial charge on any atom is 0.238 e. The van der Waals surface area contributed by atoms with Gasteiger partial charge in [-0.2, -0.15) is 0 Å². The Kier molecular flexibility index (Phi) is 4.77. The fourth-order valence-electron chi connectivity index (χ4n) is 1.84. The molecule has 3 N–H and O–H groups in total. The molecular weight excluding hydrogens is 295 g/mol. The van der Waals surface area contributed by atoms with Gasteiger partial charge < -0.3 is 15.8 Å². The Labute approximate surface area is 126 Å². The van der Waals surface area contributed by atoms with Crippen LogP contribution in [0.1, 0.15) is 0 Å². The molecule has 0 aliphatic heterocycles. The maximum atomic E-state index is 14.0. The number of amides is 1. The fourth-order valence-corrected chi connectivity index (χ4v) is 2.10. The number of hydrogen-bond acceptors (Lipinski definition) is 3. The summed E-state index contributed by atoms with van der Waals surface area (Å²) in [5, 5.41) is 2.82. The van der Waals surface area contributed by atoms with E-state index in [1.165, 1.54) is 19.2 Å². The molecule has 0 spiro atoms. The molecule has 0 aromatic heterocycles. The van der Waals surface area contributed by atoms with Crippen LogP contribution >= 0.6 is 11.6 Å². The lowest BCUT2D eigenvalue weighted by atomic mass is 10.0. The first-order chi connectivity index (χ1) is 10.0. The molecule has 0 atom stereocenters. The van der Waals surface area contributed by atoms with E-state index in [9.17, 15) is 9.18 Å². The van der Waals surface area contributed by atoms with Gasteiger partial charge in [0.15, 0.2) is 0 Å². The normalized spacial score (nSPS) is 10.3. The van der Waals surface area contributed by atoms with Crippen molar-refractivity contribution in [2.75, 3.05) is 19.0 Å². The predicted molar refractivity (Wildman–Crippen MR) is 81.1 cm³/mol. The van der Waals surface area contributed by atoms with Gasteiger partial charge in [0.2, 0.25) is 5.91 Å². The Morgan fingerprint density at radius 1 is 1.29 bits per heavy atom. The number of carbonyl (C=O) groups excluding carboxylic acids is 1. The Morgan fingerprint density at radius 2 is 1.95 bits per heavy atom. The molecule has 6 heteroatoms. The second kappa shape index (κ2) is 6.56.